The molecule has 2 aromatic rings. The number of rotatable bonds is 5. The zero-order chi connectivity index (χ0) is 18.1. The Morgan fingerprint density at radius 3 is 2.00 bits per heavy atom. The number of carboxylic acids is 1. The summed E-state index contributed by atoms with van der Waals surface area (Å²) in [6.45, 7) is 0. The summed E-state index contributed by atoms with van der Waals surface area (Å²) in [7, 11) is -7.61. The van der Waals surface area contributed by atoms with Gasteiger partial charge in [0.25, 0.3) is 0 Å². The van der Waals surface area contributed by atoms with Crippen LogP contribution in [0.1, 0.15) is 10.4 Å². The Bertz CT molecular complexity index is 994. The van der Waals surface area contributed by atoms with E-state index in [0.29, 0.717) is 0 Å². The summed E-state index contributed by atoms with van der Waals surface area (Å²) < 4.78 is 51.2. The third-order valence-corrected chi connectivity index (χ3v) is 5.04. The number of aromatic carboxylic acids is 1. The summed E-state index contributed by atoms with van der Waals surface area (Å²) in [5.41, 5.74) is -0.366. The third kappa shape index (κ3) is 4.10. The highest BCUT2D eigenvalue weighted by molar-refractivity contribution is 7.90. The molecule has 0 amide bonds. The molecule has 0 unspecified atom stereocenters. The Hall–Kier alpha value is -2.43. The fraction of sp³-hybridized carbons (Fsp3) is 0.0714. The van der Waals surface area contributed by atoms with Crippen molar-refractivity contribution in [2.75, 3.05) is 6.26 Å². The van der Waals surface area contributed by atoms with Crippen molar-refractivity contribution < 1.29 is 31.5 Å². The number of sulfonamides is 1. The summed E-state index contributed by atoms with van der Waals surface area (Å²) in [4.78, 5) is 10.6. The van der Waals surface area contributed by atoms with Gasteiger partial charge in [-0.2, -0.15) is 0 Å². The molecule has 0 fully saturated rings. The van der Waals surface area contributed by atoms with E-state index in [1.807, 2.05) is 0 Å². The molecule has 0 atom stereocenters. The molecule has 0 saturated heterocycles. The Morgan fingerprint density at radius 1 is 1.00 bits per heavy atom. The minimum absolute atomic E-state index is 0.0868. The van der Waals surface area contributed by atoms with Crippen LogP contribution < -0.4 is 9.88 Å². The van der Waals surface area contributed by atoms with Crippen LogP contribution in [-0.4, -0.2) is 34.2 Å². The lowest BCUT2D eigenvalue weighted by atomic mass is 10.2. The Kier molecular flexibility index (Phi) is 4.65. The average Bonchev–Trinajstić information content (AvgIpc) is 2.45. The molecule has 0 spiro atoms. The first-order chi connectivity index (χ1) is 11.0. The van der Waals surface area contributed by atoms with Gasteiger partial charge in [0, 0.05) is 12.3 Å². The van der Waals surface area contributed by atoms with Crippen LogP contribution in [0.25, 0.3) is 0 Å². The number of primary sulfonamides is 1. The highest BCUT2D eigenvalue weighted by atomic mass is 32.2. The molecule has 2 aromatic carbocycles. The van der Waals surface area contributed by atoms with Gasteiger partial charge in [0.2, 0.25) is 10.0 Å². The second-order valence-corrected chi connectivity index (χ2v) is 8.40. The van der Waals surface area contributed by atoms with E-state index in [0.717, 1.165) is 18.4 Å². The number of benzene rings is 2. The van der Waals surface area contributed by atoms with Gasteiger partial charge in [0.1, 0.15) is 11.5 Å². The van der Waals surface area contributed by atoms with Crippen LogP contribution in [0.15, 0.2) is 52.3 Å². The molecular formula is C14H13NO7S2. The molecule has 128 valence electrons. The van der Waals surface area contributed by atoms with Gasteiger partial charge in [-0.05, 0) is 36.4 Å². The van der Waals surface area contributed by atoms with E-state index in [-0.39, 0.29) is 26.9 Å². The molecular weight excluding hydrogens is 358 g/mol. The van der Waals surface area contributed by atoms with Crippen LogP contribution in [0.2, 0.25) is 0 Å². The van der Waals surface area contributed by atoms with E-state index in [9.17, 15) is 21.6 Å². The van der Waals surface area contributed by atoms with E-state index in [1.54, 1.807) is 0 Å². The van der Waals surface area contributed by atoms with Crippen molar-refractivity contribution in [3.63, 3.8) is 0 Å². The SMILES string of the molecule is CS(=O)(=O)c1cc(Oc2ccc(S(N)(=O)=O)cc2)ccc1C(=O)O. The summed E-state index contributed by atoms with van der Waals surface area (Å²) in [6.07, 6.45) is 0.888. The molecule has 0 bridgehead atoms. The maximum absolute atomic E-state index is 11.7. The molecule has 0 saturated carbocycles. The fourth-order valence-electron chi connectivity index (χ4n) is 1.88. The van der Waals surface area contributed by atoms with Crippen LogP contribution in [0.4, 0.5) is 0 Å². The summed E-state index contributed by atoms with van der Waals surface area (Å²) in [6, 6.07) is 8.64. The average molecular weight is 371 g/mol. The van der Waals surface area contributed by atoms with E-state index < -0.39 is 25.8 Å². The number of sulfone groups is 1. The van der Waals surface area contributed by atoms with Gasteiger partial charge in [-0.3, -0.25) is 0 Å². The molecule has 0 heterocycles. The lowest BCUT2D eigenvalue weighted by Gasteiger charge is -2.09. The van der Waals surface area contributed by atoms with Crippen molar-refractivity contribution in [2.24, 2.45) is 5.14 Å². The van der Waals surface area contributed by atoms with Crippen molar-refractivity contribution in [2.45, 2.75) is 9.79 Å². The second kappa shape index (κ2) is 6.23. The quantitative estimate of drug-likeness (QED) is 0.805. The highest BCUT2D eigenvalue weighted by Crippen LogP contribution is 2.27. The van der Waals surface area contributed by atoms with Gasteiger partial charge in [-0.1, -0.05) is 0 Å². The molecule has 3 N–H and O–H groups in total. The number of hydrogen-bond acceptors (Lipinski definition) is 6. The van der Waals surface area contributed by atoms with Crippen LogP contribution in [0, 0.1) is 0 Å². The van der Waals surface area contributed by atoms with Crippen LogP contribution in [0.3, 0.4) is 0 Å². The standard InChI is InChI=1S/C14H13NO7S2/c1-23(18,19)13-8-10(4-7-12(13)14(16)17)22-9-2-5-11(6-3-9)24(15,20)21/h2-8H,1H3,(H,16,17)(H2,15,20,21). The monoisotopic (exact) mass is 371 g/mol. The highest BCUT2D eigenvalue weighted by Gasteiger charge is 2.19. The first kappa shape index (κ1) is 17.9. The number of carboxylic acid groups (broad SMARTS) is 1. The van der Waals surface area contributed by atoms with Crippen LogP contribution in [0.5, 0.6) is 11.5 Å². The Balaban J connectivity index is 2.39. The minimum atomic E-state index is -3.83. The van der Waals surface area contributed by atoms with E-state index in [1.165, 1.54) is 30.3 Å². The fourth-order valence-corrected chi connectivity index (χ4v) is 3.28. The minimum Gasteiger partial charge on any atom is -0.478 e. The maximum atomic E-state index is 11.7. The second-order valence-electron chi connectivity index (χ2n) is 4.85. The maximum Gasteiger partial charge on any atom is 0.337 e. The van der Waals surface area contributed by atoms with E-state index in [4.69, 9.17) is 15.0 Å². The van der Waals surface area contributed by atoms with Crippen molar-refractivity contribution in [1.29, 1.82) is 0 Å². The predicted molar refractivity (Wildman–Crippen MR) is 84.4 cm³/mol. The van der Waals surface area contributed by atoms with Gasteiger partial charge >= 0.3 is 5.97 Å². The normalized spacial score (nSPS) is 11.9. The molecule has 0 aromatic heterocycles. The van der Waals surface area contributed by atoms with Gasteiger partial charge in [-0.25, -0.2) is 26.8 Å². The van der Waals surface area contributed by atoms with E-state index >= 15 is 0 Å². The van der Waals surface area contributed by atoms with Crippen LogP contribution >= 0.6 is 0 Å². The Morgan fingerprint density at radius 2 is 1.54 bits per heavy atom. The summed E-state index contributed by atoms with van der Waals surface area (Å²) >= 11 is 0. The lowest BCUT2D eigenvalue weighted by molar-refractivity contribution is 0.0692. The van der Waals surface area contributed by atoms with E-state index in [2.05, 4.69) is 0 Å². The van der Waals surface area contributed by atoms with Gasteiger partial charge < -0.3 is 9.84 Å². The molecule has 24 heavy (non-hydrogen) atoms. The van der Waals surface area contributed by atoms with Crippen molar-refractivity contribution in [3.8, 4) is 11.5 Å². The zero-order valence-corrected chi connectivity index (χ0v) is 14.0. The van der Waals surface area contributed by atoms with Crippen molar-refractivity contribution in [1.82, 2.24) is 0 Å². The summed E-state index contributed by atoms with van der Waals surface area (Å²) in [5.74, 6) is -1.06. The molecule has 8 nitrogen and oxygen atoms in total. The number of carbonyl (C=O) groups is 1. The lowest BCUT2D eigenvalue weighted by Crippen LogP contribution is -2.11. The number of ether oxygens (including phenoxy) is 1. The first-order valence-corrected chi connectivity index (χ1v) is 9.80. The predicted octanol–water partition coefficient (Wildman–Crippen LogP) is 1.23. The third-order valence-electron chi connectivity index (χ3n) is 2.97. The largest absolute Gasteiger partial charge is 0.478 e. The zero-order valence-electron chi connectivity index (χ0n) is 12.3. The van der Waals surface area contributed by atoms with Crippen LogP contribution in [-0.2, 0) is 19.9 Å². The van der Waals surface area contributed by atoms with Crippen molar-refractivity contribution >= 4 is 25.8 Å². The smallest absolute Gasteiger partial charge is 0.337 e. The molecule has 0 aliphatic heterocycles. The molecule has 2 rings (SSSR count). The van der Waals surface area contributed by atoms with Gasteiger partial charge in [0.05, 0.1) is 15.4 Å². The molecule has 0 radical (unpaired) electrons. The molecule has 10 heteroatoms. The molecule has 0 aliphatic carbocycles. The van der Waals surface area contributed by atoms with Crippen molar-refractivity contribution in [3.05, 3.63) is 48.0 Å². The summed E-state index contributed by atoms with van der Waals surface area (Å²) in [5, 5.41) is 14.0. The molecule has 0 aliphatic rings. The first-order valence-electron chi connectivity index (χ1n) is 6.36. The number of hydrogen-bond donors (Lipinski definition) is 2. The van der Waals surface area contributed by atoms with Gasteiger partial charge in [0.15, 0.2) is 9.84 Å². The topological polar surface area (TPSA) is 141 Å². The Labute approximate surface area is 138 Å². The van der Waals surface area contributed by atoms with Gasteiger partial charge in [-0.15, -0.1) is 0 Å². The number of nitrogens with two attached hydrogens (primary N) is 1.